The molecule has 0 radical (unpaired) electrons. The number of hydrogen-bond acceptors (Lipinski definition) is 0. The first kappa shape index (κ1) is 8.57. The van der Waals surface area contributed by atoms with Crippen LogP contribution in [0.25, 0.3) is 0 Å². The molecule has 0 fully saturated rings. The minimum absolute atomic E-state index is 0.711. The Morgan fingerprint density at radius 2 is 2.00 bits per heavy atom. The molecule has 0 N–H and O–H groups in total. The minimum atomic E-state index is 0.711. The van der Waals surface area contributed by atoms with E-state index in [1.54, 1.807) is 0 Å². The van der Waals surface area contributed by atoms with Gasteiger partial charge < -0.3 is 0 Å². The number of benzene rings is 1. The van der Waals surface area contributed by atoms with Gasteiger partial charge >= 0.3 is 74.1 Å². The fraction of sp³-hybridized carbons (Fsp3) is 0.200. The van der Waals surface area contributed by atoms with E-state index in [0.717, 1.165) is 0 Å². The molecular formula is C10H12Se. The van der Waals surface area contributed by atoms with Crippen molar-refractivity contribution >= 4 is 15.0 Å². The van der Waals surface area contributed by atoms with E-state index in [1.165, 1.54) is 16.2 Å². The number of allylic oxidation sites excluding steroid dienone is 1. The maximum absolute atomic E-state index is 3.71. The van der Waals surface area contributed by atoms with Crippen LogP contribution in [-0.4, -0.2) is 15.0 Å². The van der Waals surface area contributed by atoms with E-state index in [0.29, 0.717) is 15.0 Å². The van der Waals surface area contributed by atoms with Crippen molar-refractivity contribution in [1.29, 1.82) is 0 Å². The summed E-state index contributed by atoms with van der Waals surface area (Å²) in [6.45, 7) is 3.71. The van der Waals surface area contributed by atoms with Crippen molar-refractivity contribution in [2.24, 2.45) is 0 Å². The molecule has 1 aromatic carbocycles. The SMILES string of the molecule is C=CC[Se]Cc1ccccc1. The second kappa shape index (κ2) is 5.17. The summed E-state index contributed by atoms with van der Waals surface area (Å²) in [5.74, 6) is 0. The number of hydrogen-bond donors (Lipinski definition) is 0. The topological polar surface area (TPSA) is 0 Å². The molecule has 0 spiro atoms. The van der Waals surface area contributed by atoms with Gasteiger partial charge in [-0.2, -0.15) is 0 Å². The van der Waals surface area contributed by atoms with E-state index in [4.69, 9.17) is 0 Å². The van der Waals surface area contributed by atoms with Crippen LogP contribution in [0.15, 0.2) is 43.0 Å². The van der Waals surface area contributed by atoms with Crippen LogP contribution in [0, 0.1) is 0 Å². The quantitative estimate of drug-likeness (QED) is 0.408. The van der Waals surface area contributed by atoms with Crippen LogP contribution in [0.2, 0.25) is 5.32 Å². The molecule has 0 saturated carbocycles. The van der Waals surface area contributed by atoms with Gasteiger partial charge in [0, 0.05) is 0 Å². The molecule has 0 atom stereocenters. The first-order valence-corrected chi connectivity index (χ1v) is 6.08. The third-order valence-corrected chi connectivity index (χ3v) is 3.46. The van der Waals surface area contributed by atoms with Gasteiger partial charge in [0.05, 0.1) is 0 Å². The fourth-order valence-corrected chi connectivity index (χ4v) is 2.33. The normalized spacial score (nSPS) is 9.45. The van der Waals surface area contributed by atoms with E-state index in [-0.39, 0.29) is 0 Å². The van der Waals surface area contributed by atoms with Gasteiger partial charge in [-0.25, -0.2) is 0 Å². The molecule has 0 bridgehead atoms. The van der Waals surface area contributed by atoms with E-state index >= 15 is 0 Å². The predicted molar refractivity (Wildman–Crippen MR) is 50.9 cm³/mol. The predicted octanol–water partition coefficient (Wildman–Crippen LogP) is 2.50. The summed E-state index contributed by atoms with van der Waals surface area (Å²) in [6.07, 6.45) is 2.00. The molecule has 58 valence electrons. The van der Waals surface area contributed by atoms with Crippen molar-refractivity contribution in [2.75, 3.05) is 0 Å². The fourth-order valence-electron chi connectivity index (χ4n) is 0.834. The molecule has 0 aliphatic carbocycles. The molecule has 1 heteroatoms. The van der Waals surface area contributed by atoms with Crippen LogP contribution in [0.1, 0.15) is 5.56 Å². The molecule has 0 heterocycles. The van der Waals surface area contributed by atoms with Gasteiger partial charge in [0.1, 0.15) is 0 Å². The Labute approximate surface area is 74.5 Å². The molecule has 1 rings (SSSR count). The Balaban J connectivity index is 2.33. The Hall–Kier alpha value is -0.521. The standard InChI is InChI=1S/C10H12Se/c1-2-8-11-9-10-6-4-3-5-7-10/h2-7H,1,8-9H2. The second-order valence-electron chi connectivity index (χ2n) is 2.29. The van der Waals surface area contributed by atoms with Crippen molar-refractivity contribution < 1.29 is 0 Å². The summed E-state index contributed by atoms with van der Waals surface area (Å²) in [6, 6.07) is 10.6. The number of rotatable bonds is 4. The average Bonchev–Trinajstić information content (AvgIpc) is 2.07. The van der Waals surface area contributed by atoms with Gasteiger partial charge in [0.15, 0.2) is 0 Å². The Bertz CT molecular complexity index is 203. The third-order valence-electron chi connectivity index (χ3n) is 1.35. The second-order valence-corrected chi connectivity index (χ2v) is 4.45. The van der Waals surface area contributed by atoms with Crippen LogP contribution in [-0.2, 0) is 5.32 Å². The summed E-state index contributed by atoms with van der Waals surface area (Å²) >= 11 is 0.711. The van der Waals surface area contributed by atoms with Gasteiger partial charge in [0.2, 0.25) is 0 Å². The summed E-state index contributed by atoms with van der Waals surface area (Å²) in [7, 11) is 0. The van der Waals surface area contributed by atoms with Crippen LogP contribution in [0.3, 0.4) is 0 Å². The van der Waals surface area contributed by atoms with Crippen LogP contribution < -0.4 is 0 Å². The summed E-state index contributed by atoms with van der Waals surface area (Å²) < 4.78 is 0. The van der Waals surface area contributed by atoms with Gasteiger partial charge in [-0.05, 0) is 0 Å². The molecule has 0 unspecified atom stereocenters. The van der Waals surface area contributed by atoms with Crippen LogP contribution >= 0.6 is 0 Å². The molecule has 0 amide bonds. The van der Waals surface area contributed by atoms with Crippen molar-refractivity contribution in [3.63, 3.8) is 0 Å². The van der Waals surface area contributed by atoms with Crippen molar-refractivity contribution in [3.8, 4) is 0 Å². The van der Waals surface area contributed by atoms with Gasteiger partial charge in [-0.1, -0.05) is 0 Å². The zero-order chi connectivity index (χ0) is 7.94. The van der Waals surface area contributed by atoms with Gasteiger partial charge in [0.25, 0.3) is 0 Å². The third kappa shape index (κ3) is 3.41. The van der Waals surface area contributed by atoms with Crippen molar-refractivity contribution in [1.82, 2.24) is 0 Å². The maximum atomic E-state index is 3.71. The zero-order valence-corrected chi connectivity index (χ0v) is 8.21. The van der Waals surface area contributed by atoms with Gasteiger partial charge in [-0.15, -0.1) is 0 Å². The Morgan fingerprint density at radius 1 is 1.27 bits per heavy atom. The molecule has 0 aliphatic heterocycles. The Kier molecular flexibility index (Phi) is 4.03. The summed E-state index contributed by atoms with van der Waals surface area (Å²) in [4.78, 5) is 0. The van der Waals surface area contributed by atoms with E-state index in [2.05, 4.69) is 36.9 Å². The first-order valence-electron chi connectivity index (χ1n) is 3.66. The van der Waals surface area contributed by atoms with Crippen LogP contribution in [0.5, 0.6) is 0 Å². The molecule has 11 heavy (non-hydrogen) atoms. The molecule has 1 aromatic rings. The first-order chi connectivity index (χ1) is 5.43. The average molecular weight is 211 g/mol. The monoisotopic (exact) mass is 212 g/mol. The van der Waals surface area contributed by atoms with Crippen LogP contribution in [0.4, 0.5) is 0 Å². The van der Waals surface area contributed by atoms with E-state index < -0.39 is 0 Å². The zero-order valence-electron chi connectivity index (χ0n) is 6.49. The van der Waals surface area contributed by atoms with Crippen molar-refractivity contribution in [3.05, 3.63) is 48.6 Å². The van der Waals surface area contributed by atoms with E-state index in [9.17, 15) is 0 Å². The molecule has 0 nitrogen and oxygen atoms in total. The molecular weight excluding hydrogens is 199 g/mol. The van der Waals surface area contributed by atoms with E-state index in [1.807, 2.05) is 6.08 Å². The van der Waals surface area contributed by atoms with Gasteiger partial charge in [-0.3, -0.25) is 0 Å². The van der Waals surface area contributed by atoms with Crippen molar-refractivity contribution in [2.45, 2.75) is 10.6 Å². The molecule has 0 aliphatic rings. The summed E-state index contributed by atoms with van der Waals surface area (Å²) in [5.41, 5.74) is 1.45. The Morgan fingerprint density at radius 3 is 2.64 bits per heavy atom. The molecule has 0 saturated heterocycles. The summed E-state index contributed by atoms with van der Waals surface area (Å²) in [5, 5.41) is 2.42. The molecule has 0 aromatic heterocycles.